The van der Waals surface area contributed by atoms with Crippen LogP contribution in [0.2, 0.25) is 0 Å². The molecule has 0 spiro atoms. The summed E-state index contributed by atoms with van der Waals surface area (Å²) < 4.78 is 2.26. The first-order valence-corrected chi connectivity index (χ1v) is 7.36. The van der Waals surface area contributed by atoms with Crippen molar-refractivity contribution < 1.29 is 4.79 Å². The first-order chi connectivity index (χ1) is 9.53. The molecule has 0 bridgehead atoms. The number of hydrogen-bond donors (Lipinski definition) is 0. The van der Waals surface area contributed by atoms with E-state index in [1.807, 2.05) is 19.9 Å². The normalized spacial score (nSPS) is 18.4. The van der Waals surface area contributed by atoms with Crippen LogP contribution in [0.25, 0.3) is 16.5 Å². The minimum atomic E-state index is -0.202. The van der Waals surface area contributed by atoms with Crippen molar-refractivity contribution in [3.05, 3.63) is 42.1 Å². The molecule has 0 unspecified atom stereocenters. The molecule has 1 heterocycles. The molecule has 0 saturated carbocycles. The minimum Gasteiger partial charge on any atom is -0.347 e. The molecule has 0 N–H and O–H groups in total. The molecule has 2 nitrogen and oxygen atoms in total. The van der Waals surface area contributed by atoms with Gasteiger partial charge in [0, 0.05) is 34.6 Å². The number of allylic oxidation sites excluding steroid dienone is 2. The lowest BCUT2D eigenvalue weighted by Gasteiger charge is -2.26. The molecule has 1 aromatic heterocycles. The van der Waals surface area contributed by atoms with Crippen LogP contribution in [0.4, 0.5) is 0 Å². The molecule has 0 aliphatic heterocycles. The van der Waals surface area contributed by atoms with Crippen molar-refractivity contribution in [2.75, 3.05) is 0 Å². The quantitative estimate of drug-likeness (QED) is 0.788. The molecule has 1 aliphatic carbocycles. The highest BCUT2D eigenvalue weighted by Gasteiger charge is 2.30. The highest BCUT2D eigenvalue weighted by Crippen LogP contribution is 2.38. The third-order valence-electron chi connectivity index (χ3n) is 4.47. The van der Waals surface area contributed by atoms with E-state index in [9.17, 15) is 4.79 Å². The fraction of sp³-hybridized carbons (Fsp3) is 0.389. The van der Waals surface area contributed by atoms with E-state index in [1.165, 1.54) is 22.0 Å². The maximum absolute atomic E-state index is 12.2. The van der Waals surface area contributed by atoms with Crippen LogP contribution in [-0.4, -0.2) is 10.4 Å². The van der Waals surface area contributed by atoms with Crippen LogP contribution in [0, 0.1) is 5.41 Å². The lowest BCUT2D eigenvalue weighted by atomic mass is 9.76. The lowest BCUT2D eigenvalue weighted by molar-refractivity contribution is -0.122. The third kappa shape index (κ3) is 2.00. The van der Waals surface area contributed by atoms with Crippen LogP contribution < -0.4 is 0 Å². The molecule has 1 aliphatic rings. The molecule has 0 radical (unpaired) electrons. The van der Waals surface area contributed by atoms with Crippen molar-refractivity contribution in [2.45, 2.75) is 40.2 Å². The van der Waals surface area contributed by atoms with Crippen molar-refractivity contribution >= 4 is 22.3 Å². The summed E-state index contributed by atoms with van der Waals surface area (Å²) >= 11 is 0. The van der Waals surface area contributed by atoms with Gasteiger partial charge in [-0.2, -0.15) is 0 Å². The predicted octanol–water partition coefficient (Wildman–Crippen LogP) is 4.43. The second-order valence-corrected chi connectivity index (χ2v) is 6.26. The maximum atomic E-state index is 12.2. The Bertz CT molecular complexity index is 703. The second-order valence-electron chi connectivity index (χ2n) is 6.26. The maximum Gasteiger partial charge on any atom is 0.161 e. The van der Waals surface area contributed by atoms with Crippen molar-refractivity contribution in [3.63, 3.8) is 0 Å². The monoisotopic (exact) mass is 267 g/mol. The van der Waals surface area contributed by atoms with Crippen molar-refractivity contribution in [1.82, 2.24) is 4.57 Å². The molecule has 3 rings (SSSR count). The zero-order valence-electron chi connectivity index (χ0n) is 12.4. The number of carbonyl (C=O) groups is 1. The number of hydrogen-bond acceptors (Lipinski definition) is 1. The first-order valence-electron chi connectivity index (χ1n) is 7.36. The van der Waals surface area contributed by atoms with Crippen molar-refractivity contribution in [2.24, 2.45) is 5.41 Å². The average molecular weight is 267 g/mol. The summed E-state index contributed by atoms with van der Waals surface area (Å²) in [6, 6.07) is 8.45. The van der Waals surface area contributed by atoms with Crippen molar-refractivity contribution in [3.8, 4) is 0 Å². The summed E-state index contributed by atoms with van der Waals surface area (Å²) in [5.41, 5.74) is 3.47. The van der Waals surface area contributed by atoms with E-state index >= 15 is 0 Å². The number of aromatic nitrogens is 1. The molecule has 2 heteroatoms. The average Bonchev–Trinajstić information content (AvgIpc) is 2.81. The van der Waals surface area contributed by atoms with Crippen LogP contribution in [0.15, 0.2) is 36.5 Å². The van der Waals surface area contributed by atoms with Gasteiger partial charge in [0.05, 0.1) is 0 Å². The standard InChI is InChI=1S/C18H21NO/c1-4-19-12-15(14-7-5-6-8-16(14)19)13-9-10-18(2,3)17(20)11-13/h5-8,11-12H,4,9-10H2,1-3H3. The minimum absolute atomic E-state index is 0.202. The third-order valence-corrected chi connectivity index (χ3v) is 4.47. The highest BCUT2D eigenvalue weighted by atomic mass is 16.1. The van der Waals surface area contributed by atoms with Gasteiger partial charge in [-0.05, 0) is 37.5 Å². The Balaban J connectivity index is 2.14. The molecular formula is C18H21NO. The fourth-order valence-corrected chi connectivity index (χ4v) is 2.97. The Labute approximate surface area is 120 Å². The zero-order valence-corrected chi connectivity index (χ0v) is 12.4. The van der Waals surface area contributed by atoms with Gasteiger partial charge in [0.1, 0.15) is 0 Å². The Hall–Kier alpha value is -1.83. The lowest BCUT2D eigenvalue weighted by Crippen LogP contribution is -2.25. The topological polar surface area (TPSA) is 22.0 Å². The Kier molecular flexibility index (Phi) is 3.04. The molecule has 1 aromatic carbocycles. The molecule has 0 fully saturated rings. The number of aryl methyl sites for hydroxylation is 1. The van der Waals surface area contributed by atoms with E-state index in [4.69, 9.17) is 0 Å². The van der Waals surface area contributed by atoms with Gasteiger partial charge in [-0.15, -0.1) is 0 Å². The van der Waals surface area contributed by atoms with E-state index in [-0.39, 0.29) is 11.2 Å². The zero-order chi connectivity index (χ0) is 14.3. The summed E-state index contributed by atoms with van der Waals surface area (Å²) in [4.78, 5) is 12.2. The summed E-state index contributed by atoms with van der Waals surface area (Å²) in [5.74, 6) is 0.257. The highest BCUT2D eigenvalue weighted by molar-refractivity contribution is 6.05. The van der Waals surface area contributed by atoms with Gasteiger partial charge in [0.2, 0.25) is 0 Å². The Morgan fingerprint density at radius 1 is 1.25 bits per heavy atom. The molecule has 0 atom stereocenters. The van der Waals surface area contributed by atoms with Crippen LogP contribution in [0.1, 0.15) is 39.2 Å². The molecular weight excluding hydrogens is 246 g/mol. The van der Waals surface area contributed by atoms with Gasteiger partial charge in [-0.1, -0.05) is 32.0 Å². The van der Waals surface area contributed by atoms with Crippen LogP contribution in [-0.2, 0) is 11.3 Å². The van der Waals surface area contributed by atoms with E-state index in [0.29, 0.717) is 0 Å². The predicted molar refractivity (Wildman–Crippen MR) is 83.6 cm³/mol. The van der Waals surface area contributed by atoms with Crippen LogP contribution in [0.5, 0.6) is 0 Å². The van der Waals surface area contributed by atoms with Crippen LogP contribution in [0.3, 0.4) is 0 Å². The first kappa shape index (κ1) is 13.2. The van der Waals surface area contributed by atoms with Gasteiger partial charge < -0.3 is 4.57 Å². The Morgan fingerprint density at radius 3 is 2.70 bits per heavy atom. The van der Waals surface area contributed by atoms with Gasteiger partial charge in [-0.3, -0.25) is 4.79 Å². The summed E-state index contributed by atoms with van der Waals surface area (Å²) in [6.07, 6.45) is 5.98. The number of benzene rings is 1. The van der Waals surface area contributed by atoms with Gasteiger partial charge >= 0.3 is 0 Å². The van der Waals surface area contributed by atoms with Gasteiger partial charge in [0.25, 0.3) is 0 Å². The largest absolute Gasteiger partial charge is 0.347 e. The number of ketones is 1. The van der Waals surface area contributed by atoms with E-state index in [2.05, 4.69) is 42.0 Å². The SMILES string of the molecule is CCn1cc(C2=CC(=O)C(C)(C)CC2)c2ccccc21. The number of fused-ring (bicyclic) bond motifs is 1. The molecule has 0 amide bonds. The molecule has 2 aromatic rings. The number of para-hydroxylation sites is 1. The molecule has 0 saturated heterocycles. The number of nitrogens with zero attached hydrogens (tertiary/aromatic N) is 1. The Morgan fingerprint density at radius 2 is 2.00 bits per heavy atom. The summed E-state index contributed by atoms with van der Waals surface area (Å²) in [5, 5.41) is 1.26. The van der Waals surface area contributed by atoms with E-state index < -0.39 is 0 Å². The van der Waals surface area contributed by atoms with Crippen LogP contribution >= 0.6 is 0 Å². The molecule has 20 heavy (non-hydrogen) atoms. The second kappa shape index (κ2) is 4.62. The van der Waals surface area contributed by atoms with E-state index in [0.717, 1.165) is 19.4 Å². The summed E-state index contributed by atoms with van der Waals surface area (Å²) in [7, 11) is 0. The fourth-order valence-electron chi connectivity index (χ4n) is 2.97. The molecule has 104 valence electrons. The smallest absolute Gasteiger partial charge is 0.161 e. The van der Waals surface area contributed by atoms with Crippen molar-refractivity contribution in [1.29, 1.82) is 0 Å². The van der Waals surface area contributed by atoms with Gasteiger partial charge in [0.15, 0.2) is 5.78 Å². The van der Waals surface area contributed by atoms with E-state index in [1.54, 1.807) is 0 Å². The van der Waals surface area contributed by atoms with Gasteiger partial charge in [-0.25, -0.2) is 0 Å². The number of rotatable bonds is 2. The summed E-state index contributed by atoms with van der Waals surface area (Å²) in [6.45, 7) is 7.18. The number of carbonyl (C=O) groups excluding carboxylic acids is 1.